The van der Waals surface area contributed by atoms with Crippen molar-refractivity contribution in [3.63, 3.8) is 0 Å². The van der Waals surface area contributed by atoms with Gasteiger partial charge in [-0.25, -0.2) is 4.79 Å². The van der Waals surface area contributed by atoms with Gasteiger partial charge in [0.25, 0.3) is 0 Å². The topological polar surface area (TPSA) is 84.7 Å². The fourth-order valence-corrected chi connectivity index (χ4v) is 6.07. The lowest BCUT2D eigenvalue weighted by molar-refractivity contribution is -0.145. The van der Waals surface area contributed by atoms with Crippen LogP contribution in [-0.4, -0.2) is 51.4 Å². The van der Waals surface area contributed by atoms with Gasteiger partial charge in [0.15, 0.2) is 0 Å². The Balaban J connectivity index is 1.29. The molecule has 0 bridgehead atoms. The van der Waals surface area contributed by atoms with Crippen molar-refractivity contribution < 1.29 is 19.4 Å². The number of amides is 1. The molecule has 3 aliphatic rings. The maximum atomic E-state index is 13.1. The van der Waals surface area contributed by atoms with Crippen molar-refractivity contribution in [2.24, 2.45) is 5.92 Å². The molecule has 2 aromatic heterocycles. The predicted molar refractivity (Wildman–Crippen MR) is 102 cm³/mol. The lowest BCUT2D eigenvalue weighted by Gasteiger charge is -2.44. The monoisotopic (exact) mass is 401 g/mol. The summed E-state index contributed by atoms with van der Waals surface area (Å²) in [6.45, 7) is 2.74. The zero-order valence-corrected chi connectivity index (χ0v) is 16.4. The number of aryl methyl sites for hydroxylation is 1. The van der Waals surface area contributed by atoms with Gasteiger partial charge < -0.3 is 14.7 Å². The predicted octanol–water partition coefficient (Wildman–Crippen LogP) is 2.30. The van der Waals surface area contributed by atoms with Crippen molar-refractivity contribution in [2.75, 3.05) is 19.7 Å². The maximum Gasteiger partial charge on any atom is 0.345 e. The molecule has 1 spiro atoms. The Hall–Kier alpha value is -2.19. The number of carbonyl (C=O) groups is 2. The number of aromatic carboxylic acids is 1. The third-order valence-electron chi connectivity index (χ3n) is 6.36. The van der Waals surface area contributed by atoms with Gasteiger partial charge in [0.05, 0.1) is 6.61 Å². The molecule has 0 saturated carbocycles. The Morgan fingerprint density at radius 1 is 1.29 bits per heavy atom. The molecule has 7 nitrogen and oxygen atoms in total. The lowest BCUT2D eigenvalue weighted by Crippen LogP contribution is -2.50. The highest BCUT2D eigenvalue weighted by molar-refractivity contribution is 7.14. The van der Waals surface area contributed by atoms with Gasteiger partial charge in [0.1, 0.15) is 10.5 Å². The molecule has 148 valence electrons. The standard InChI is InChI=1S/C20H23N3O4S/c24-18(14-2-7-23-15(11-14)1-6-21-23)22-8-4-20(5-9-22)17-13(3-10-27-20)12-16(28-17)19(25)26/h1,6,12,14H,2-5,7-11H2,(H,25,26). The van der Waals surface area contributed by atoms with E-state index in [1.54, 1.807) is 12.3 Å². The van der Waals surface area contributed by atoms with Crippen LogP contribution in [0.15, 0.2) is 18.3 Å². The van der Waals surface area contributed by atoms with Crippen LogP contribution in [0.5, 0.6) is 0 Å². The summed E-state index contributed by atoms with van der Waals surface area (Å²) in [6.07, 6.45) is 5.62. The maximum absolute atomic E-state index is 13.1. The summed E-state index contributed by atoms with van der Waals surface area (Å²) >= 11 is 1.34. The molecule has 2 aromatic rings. The van der Waals surface area contributed by atoms with Crippen LogP contribution in [-0.2, 0) is 34.5 Å². The number of ether oxygens (including phenoxy) is 1. The second kappa shape index (κ2) is 6.70. The van der Waals surface area contributed by atoms with Gasteiger partial charge in [-0.05, 0) is 43.4 Å². The van der Waals surface area contributed by atoms with Gasteiger partial charge in [-0.15, -0.1) is 11.3 Å². The average Bonchev–Trinajstić information content (AvgIpc) is 3.35. The number of carbonyl (C=O) groups excluding carboxylic acids is 1. The van der Waals surface area contributed by atoms with E-state index in [9.17, 15) is 14.7 Å². The van der Waals surface area contributed by atoms with Crippen molar-refractivity contribution in [1.82, 2.24) is 14.7 Å². The third kappa shape index (κ3) is 2.86. The molecule has 1 N–H and O–H groups in total. The van der Waals surface area contributed by atoms with Crippen molar-refractivity contribution in [1.29, 1.82) is 0 Å². The number of hydrogen-bond acceptors (Lipinski definition) is 5. The van der Waals surface area contributed by atoms with E-state index in [-0.39, 0.29) is 11.8 Å². The SMILES string of the molecule is O=C(O)c1cc2c(s1)C1(CCN(C(=O)C3CCn4nccc4C3)CC1)OCC2. The third-order valence-corrected chi connectivity index (χ3v) is 7.72. The van der Waals surface area contributed by atoms with Gasteiger partial charge in [-0.1, -0.05) is 0 Å². The Morgan fingerprint density at radius 3 is 2.89 bits per heavy atom. The Bertz CT molecular complexity index is 926. The van der Waals surface area contributed by atoms with E-state index in [4.69, 9.17) is 4.74 Å². The molecular formula is C20H23N3O4S. The molecule has 0 aromatic carbocycles. The van der Waals surface area contributed by atoms with E-state index in [1.165, 1.54) is 11.3 Å². The molecule has 5 heterocycles. The highest BCUT2D eigenvalue weighted by Gasteiger charge is 2.44. The van der Waals surface area contributed by atoms with Crippen LogP contribution in [0.2, 0.25) is 0 Å². The minimum absolute atomic E-state index is 0.0291. The molecule has 0 aliphatic carbocycles. The van der Waals surface area contributed by atoms with Crippen LogP contribution >= 0.6 is 11.3 Å². The van der Waals surface area contributed by atoms with Crippen LogP contribution in [0.3, 0.4) is 0 Å². The number of carboxylic acids is 1. The van der Waals surface area contributed by atoms with Gasteiger partial charge in [-0.2, -0.15) is 5.10 Å². The molecule has 1 amide bonds. The number of hydrogen-bond donors (Lipinski definition) is 1. The Morgan fingerprint density at radius 2 is 2.11 bits per heavy atom. The molecule has 0 radical (unpaired) electrons. The van der Waals surface area contributed by atoms with E-state index < -0.39 is 11.6 Å². The van der Waals surface area contributed by atoms with Crippen molar-refractivity contribution in [3.8, 4) is 0 Å². The van der Waals surface area contributed by atoms with Crippen LogP contribution in [0.25, 0.3) is 0 Å². The van der Waals surface area contributed by atoms with Crippen LogP contribution in [0, 0.1) is 5.92 Å². The Labute approximate surface area is 166 Å². The first-order valence-corrected chi connectivity index (χ1v) is 10.7. The average molecular weight is 401 g/mol. The number of carboxylic acid groups (broad SMARTS) is 1. The Kier molecular flexibility index (Phi) is 4.28. The number of fused-ring (bicyclic) bond motifs is 3. The molecule has 3 aliphatic heterocycles. The van der Waals surface area contributed by atoms with Gasteiger partial charge >= 0.3 is 5.97 Å². The summed E-state index contributed by atoms with van der Waals surface area (Å²) in [4.78, 5) is 27.9. The number of nitrogens with zero attached hydrogens (tertiary/aromatic N) is 3. The largest absolute Gasteiger partial charge is 0.477 e. The molecule has 28 heavy (non-hydrogen) atoms. The van der Waals surface area contributed by atoms with E-state index >= 15 is 0 Å². The molecule has 8 heteroatoms. The summed E-state index contributed by atoms with van der Waals surface area (Å²) in [6, 6.07) is 3.80. The smallest absolute Gasteiger partial charge is 0.345 e. The van der Waals surface area contributed by atoms with Crippen LogP contribution in [0.4, 0.5) is 0 Å². The summed E-state index contributed by atoms with van der Waals surface area (Å²) < 4.78 is 8.19. The number of piperidine rings is 1. The molecule has 1 fully saturated rings. The summed E-state index contributed by atoms with van der Waals surface area (Å²) in [5.74, 6) is -0.615. The summed E-state index contributed by atoms with van der Waals surface area (Å²) in [5, 5.41) is 13.6. The second-order valence-electron chi connectivity index (χ2n) is 7.92. The number of thiophene rings is 1. The highest BCUT2D eigenvalue weighted by Crippen LogP contribution is 2.45. The molecular weight excluding hydrogens is 378 g/mol. The fourth-order valence-electron chi connectivity index (χ4n) is 4.82. The quantitative estimate of drug-likeness (QED) is 0.835. The van der Waals surface area contributed by atoms with Crippen LogP contribution < -0.4 is 0 Å². The first kappa shape index (κ1) is 17.9. The summed E-state index contributed by atoms with van der Waals surface area (Å²) in [7, 11) is 0. The lowest BCUT2D eigenvalue weighted by atomic mass is 9.84. The number of rotatable bonds is 2. The first-order chi connectivity index (χ1) is 13.6. The fraction of sp³-hybridized carbons (Fsp3) is 0.550. The molecule has 1 unspecified atom stereocenters. The van der Waals surface area contributed by atoms with E-state index in [2.05, 4.69) is 5.10 Å². The molecule has 5 rings (SSSR count). The van der Waals surface area contributed by atoms with E-state index in [1.807, 2.05) is 15.6 Å². The minimum Gasteiger partial charge on any atom is -0.477 e. The zero-order chi connectivity index (χ0) is 19.3. The van der Waals surface area contributed by atoms with Crippen molar-refractivity contribution >= 4 is 23.2 Å². The summed E-state index contributed by atoms with van der Waals surface area (Å²) in [5.41, 5.74) is 1.82. The van der Waals surface area contributed by atoms with Gasteiger partial charge in [-0.3, -0.25) is 9.48 Å². The van der Waals surface area contributed by atoms with Gasteiger partial charge in [0.2, 0.25) is 5.91 Å². The van der Waals surface area contributed by atoms with E-state index in [0.717, 1.165) is 54.8 Å². The molecule has 1 atom stereocenters. The second-order valence-corrected chi connectivity index (χ2v) is 8.98. The van der Waals surface area contributed by atoms with Gasteiger partial charge in [0, 0.05) is 48.7 Å². The normalized spacial score (nSPS) is 23.3. The number of likely N-dealkylation sites (tertiary alicyclic amines) is 1. The zero-order valence-electron chi connectivity index (χ0n) is 15.6. The van der Waals surface area contributed by atoms with Crippen molar-refractivity contribution in [2.45, 2.75) is 44.2 Å². The molecule has 1 saturated heterocycles. The number of aromatic nitrogens is 2. The highest BCUT2D eigenvalue weighted by atomic mass is 32.1. The van der Waals surface area contributed by atoms with Crippen molar-refractivity contribution in [3.05, 3.63) is 39.3 Å². The first-order valence-electron chi connectivity index (χ1n) is 9.86. The minimum atomic E-state index is -0.876. The van der Waals surface area contributed by atoms with E-state index in [0.29, 0.717) is 24.6 Å². The van der Waals surface area contributed by atoms with Crippen LogP contribution in [0.1, 0.15) is 45.1 Å².